The summed E-state index contributed by atoms with van der Waals surface area (Å²) < 4.78 is 14.4. The molecule has 0 bridgehead atoms. The minimum atomic E-state index is -0.764. The van der Waals surface area contributed by atoms with Crippen molar-refractivity contribution in [3.63, 3.8) is 0 Å². The van der Waals surface area contributed by atoms with E-state index in [-0.39, 0.29) is 23.0 Å². The van der Waals surface area contributed by atoms with Crippen LogP contribution in [0.4, 0.5) is 15.8 Å². The number of likely N-dealkylation sites (tertiary alicyclic amines) is 1. The van der Waals surface area contributed by atoms with Gasteiger partial charge in [-0.2, -0.15) is 0 Å². The topological polar surface area (TPSA) is 78.7 Å². The highest BCUT2D eigenvalue weighted by atomic mass is 19.1. The molecule has 0 spiro atoms. The molecular weight excluding hydrogens is 335 g/mol. The van der Waals surface area contributed by atoms with Crippen molar-refractivity contribution in [3.05, 3.63) is 24.0 Å². The summed E-state index contributed by atoms with van der Waals surface area (Å²) in [7, 11) is 0. The maximum Gasteiger partial charge on any atom is 0.313 e. The van der Waals surface area contributed by atoms with E-state index >= 15 is 0 Å². The number of benzene rings is 1. The van der Waals surface area contributed by atoms with E-state index in [1.807, 2.05) is 18.7 Å². The van der Waals surface area contributed by atoms with Crippen LogP contribution < -0.4 is 16.0 Å². The van der Waals surface area contributed by atoms with Gasteiger partial charge < -0.3 is 20.9 Å². The molecule has 1 atom stereocenters. The van der Waals surface area contributed by atoms with E-state index in [1.54, 1.807) is 12.1 Å². The first-order chi connectivity index (χ1) is 12.3. The van der Waals surface area contributed by atoms with E-state index in [0.29, 0.717) is 18.8 Å². The summed E-state index contributed by atoms with van der Waals surface area (Å²) in [5, 5.41) is 2.50. The average Bonchev–Trinajstić information content (AvgIpc) is 2.88. The Morgan fingerprint density at radius 3 is 2.50 bits per heavy atom. The second-order valence-corrected chi connectivity index (χ2v) is 7.95. The Labute approximate surface area is 153 Å². The fraction of sp³-hybridized carbons (Fsp3) is 0.579. The van der Waals surface area contributed by atoms with Gasteiger partial charge in [-0.1, -0.05) is 13.8 Å². The van der Waals surface area contributed by atoms with Crippen molar-refractivity contribution < 1.29 is 14.0 Å². The fourth-order valence-corrected chi connectivity index (χ4v) is 3.62. The quantitative estimate of drug-likeness (QED) is 0.788. The predicted molar refractivity (Wildman–Crippen MR) is 99.4 cm³/mol. The monoisotopic (exact) mass is 362 g/mol. The molecule has 142 valence electrons. The van der Waals surface area contributed by atoms with Crippen molar-refractivity contribution in [1.82, 2.24) is 4.90 Å². The SMILES string of the molecule is CC1(C)CN(C(=O)C(=O)Nc2ccc(N3CCCCC3)c(F)c2)CC1N. The van der Waals surface area contributed by atoms with Gasteiger partial charge >= 0.3 is 11.8 Å². The first-order valence-electron chi connectivity index (χ1n) is 9.18. The molecular formula is C19H27FN4O2. The Morgan fingerprint density at radius 1 is 1.23 bits per heavy atom. The van der Waals surface area contributed by atoms with Crippen LogP contribution in [0.25, 0.3) is 0 Å². The number of nitrogens with zero attached hydrogens (tertiary/aromatic N) is 2. The second-order valence-electron chi connectivity index (χ2n) is 7.95. The average molecular weight is 362 g/mol. The smallest absolute Gasteiger partial charge is 0.313 e. The molecule has 2 fully saturated rings. The molecule has 0 aliphatic carbocycles. The number of rotatable bonds is 2. The van der Waals surface area contributed by atoms with Crippen LogP contribution in [0.3, 0.4) is 0 Å². The van der Waals surface area contributed by atoms with Crippen LogP contribution in [0.1, 0.15) is 33.1 Å². The molecule has 2 aliphatic heterocycles. The largest absolute Gasteiger partial charge is 0.369 e. The number of carbonyl (C=O) groups excluding carboxylic acids is 2. The van der Waals surface area contributed by atoms with Gasteiger partial charge in [0.15, 0.2) is 0 Å². The molecule has 1 aromatic carbocycles. The summed E-state index contributed by atoms with van der Waals surface area (Å²) in [6, 6.07) is 4.41. The normalized spacial score (nSPS) is 22.4. The molecule has 0 radical (unpaired) electrons. The highest BCUT2D eigenvalue weighted by molar-refractivity contribution is 6.39. The highest BCUT2D eigenvalue weighted by Gasteiger charge is 2.40. The molecule has 1 unspecified atom stereocenters. The van der Waals surface area contributed by atoms with Gasteiger partial charge in [-0.3, -0.25) is 9.59 Å². The number of hydrogen-bond acceptors (Lipinski definition) is 4. The number of anilines is 2. The van der Waals surface area contributed by atoms with E-state index in [9.17, 15) is 14.0 Å². The van der Waals surface area contributed by atoms with Gasteiger partial charge in [0, 0.05) is 37.9 Å². The van der Waals surface area contributed by atoms with Crippen LogP contribution in [0.5, 0.6) is 0 Å². The predicted octanol–water partition coefficient (Wildman–Crippen LogP) is 1.95. The lowest BCUT2D eigenvalue weighted by Crippen LogP contribution is -2.39. The third kappa shape index (κ3) is 3.82. The summed E-state index contributed by atoms with van der Waals surface area (Å²) in [4.78, 5) is 28.1. The summed E-state index contributed by atoms with van der Waals surface area (Å²) >= 11 is 0. The molecule has 3 N–H and O–H groups in total. The van der Waals surface area contributed by atoms with Crippen LogP contribution in [0.15, 0.2) is 18.2 Å². The molecule has 2 saturated heterocycles. The molecule has 0 aromatic heterocycles. The molecule has 2 heterocycles. The third-order valence-corrected chi connectivity index (χ3v) is 5.40. The summed E-state index contributed by atoms with van der Waals surface area (Å²) in [6.45, 7) is 6.40. The van der Waals surface area contributed by atoms with Gasteiger partial charge in [0.05, 0.1) is 5.69 Å². The molecule has 6 nitrogen and oxygen atoms in total. The zero-order chi connectivity index (χ0) is 18.9. The maximum absolute atomic E-state index is 14.4. The summed E-state index contributed by atoms with van der Waals surface area (Å²) in [6.07, 6.45) is 3.28. The summed E-state index contributed by atoms with van der Waals surface area (Å²) in [5.41, 5.74) is 6.62. The van der Waals surface area contributed by atoms with Gasteiger partial charge in [0.2, 0.25) is 0 Å². The zero-order valence-corrected chi connectivity index (χ0v) is 15.4. The minimum Gasteiger partial charge on any atom is -0.369 e. The highest BCUT2D eigenvalue weighted by Crippen LogP contribution is 2.29. The van der Waals surface area contributed by atoms with E-state index in [4.69, 9.17) is 5.73 Å². The molecule has 2 aliphatic rings. The number of piperidine rings is 1. The van der Waals surface area contributed by atoms with Crippen LogP contribution >= 0.6 is 0 Å². The zero-order valence-electron chi connectivity index (χ0n) is 15.4. The van der Waals surface area contributed by atoms with Crippen LogP contribution in [0, 0.1) is 11.2 Å². The molecule has 26 heavy (non-hydrogen) atoms. The number of halogens is 1. The van der Waals surface area contributed by atoms with E-state index in [1.165, 1.54) is 17.4 Å². The van der Waals surface area contributed by atoms with Crippen molar-refractivity contribution >= 4 is 23.2 Å². The number of amides is 2. The van der Waals surface area contributed by atoms with Crippen molar-refractivity contribution in [1.29, 1.82) is 0 Å². The Bertz CT molecular complexity index is 701. The Morgan fingerprint density at radius 2 is 1.92 bits per heavy atom. The fourth-order valence-electron chi connectivity index (χ4n) is 3.62. The molecule has 3 rings (SSSR count). The maximum atomic E-state index is 14.4. The van der Waals surface area contributed by atoms with E-state index < -0.39 is 11.8 Å². The lowest BCUT2D eigenvalue weighted by atomic mass is 9.89. The Kier molecular flexibility index (Phi) is 5.18. The molecule has 7 heteroatoms. The van der Waals surface area contributed by atoms with E-state index in [0.717, 1.165) is 25.9 Å². The van der Waals surface area contributed by atoms with Crippen molar-refractivity contribution in [2.75, 3.05) is 36.4 Å². The first-order valence-corrected chi connectivity index (χ1v) is 9.18. The van der Waals surface area contributed by atoms with Crippen molar-refractivity contribution in [2.24, 2.45) is 11.1 Å². The first kappa shape index (κ1) is 18.6. The van der Waals surface area contributed by atoms with E-state index in [2.05, 4.69) is 5.32 Å². The number of hydrogen-bond donors (Lipinski definition) is 2. The van der Waals surface area contributed by atoms with Crippen LogP contribution in [-0.4, -0.2) is 48.9 Å². The van der Waals surface area contributed by atoms with Crippen LogP contribution in [-0.2, 0) is 9.59 Å². The number of nitrogens with two attached hydrogens (primary N) is 1. The lowest BCUT2D eigenvalue weighted by Gasteiger charge is -2.29. The molecule has 2 amide bonds. The third-order valence-electron chi connectivity index (χ3n) is 5.40. The lowest BCUT2D eigenvalue weighted by molar-refractivity contribution is -0.142. The van der Waals surface area contributed by atoms with Gasteiger partial charge in [0.25, 0.3) is 0 Å². The van der Waals surface area contributed by atoms with Gasteiger partial charge in [-0.25, -0.2) is 4.39 Å². The van der Waals surface area contributed by atoms with Crippen molar-refractivity contribution in [3.8, 4) is 0 Å². The Balaban J connectivity index is 1.64. The minimum absolute atomic E-state index is 0.166. The van der Waals surface area contributed by atoms with Crippen molar-refractivity contribution in [2.45, 2.75) is 39.2 Å². The van der Waals surface area contributed by atoms with Gasteiger partial charge in [0.1, 0.15) is 5.82 Å². The second kappa shape index (κ2) is 7.23. The van der Waals surface area contributed by atoms with Crippen LogP contribution in [0.2, 0.25) is 0 Å². The molecule has 0 saturated carbocycles. The summed E-state index contributed by atoms with van der Waals surface area (Å²) in [5.74, 6) is -1.78. The number of carbonyl (C=O) groups is 2. The van der Waals surface area contributed by atoms with Gasteiger partial charge in [-0.15, -0.1) is 0 Å². The Hall–Kier alpha value is -2.15. The standard InChI is InChI=1S/C19H27FN4O2/c1-19(2)12-24(11-16(19)21)18(26)17(25)22-13-6-7-15(14(20)10-13)23-8-4-3-5-9-23/h6-7,10,16H,3-5,8-9,11-12,21H2,1-2H3,(H,22,25). The van der Waals surface area contributed by atoms with Gasteiger partial charge in [-0.05, 0) is 42.9 Å². The number of nitrogens with one attached hydrogen (secondary N) is 1. The molecule has 1 aromatic rings.